The smallest absolute Gasteiger partial charge is 0.417 e. The lowest BCUT2D eigenvalue weighted by Gasteiger charge is -2.29. The molecular formula is C19H20F4N2O4S. The Bertz CT molecular complexity index is 973. The summed E-state index contributed by atoms with van der Waals surface area (Å²) in [7, 11) is -2.70. The second-order valence-corrected chi connectivity index (χ2v) is 8.57. The van der Waals surface area contributed by atoms with Crippen LogP contribution in [0.15, 0.2) is 41.4 Å². The van der Waals surface area contributed by atoms with Crippen molar-refractivity contribution in [3.05, 3.63) is 47.9 Å². The Morgan fingerprint density at radius 3 is 2.37 bits per heavy atom. The lowest BCUT2D eigenvalue weighted by atomic mass is 9.94. The zero-order valence-corrected chi connectivity index (χ0v) is 16.8. The van der Waals surface area contributed by atoms with Gasteiger partial charge in [-0.05, 0) is 49.9 Å². The maximum atomic E-state index is 13.5. The van der Waals surface area contributed by atoms with Gasteiger partial charge in [0.2, 0.25) is 15.9 Å². The number of nitrogens with one attached hydrogen (secondary N) is 1. The summed E-state index contributed by atoms with van der Waals surface area (Å²) in [6.45, 7) is 0. The Hall–Kier alpha value is -2.40. The molecule has 0 unspecified atom stereocenters. The summed E-state index contributed by atoms with van der Waals surface area (Å²) in [5.74, 6) is -0.580. The summed E-state index contributed by atoms with van der Waals surface area (Å²) in [6.07, 6.45) is -2.19. The second kappa shape index (κ2) is 8.76. The third-order valence-corrected chi connectivity index (χ3v) is 6.30. The number of halogens is 4. The molecule has 1 aliphatic carbocycles. The SMILES string of the molecule is COc1ccc(F)cc1S(=O)(=O)NC1CCC(Oc2ccc(C(F)(F)F)cn2)CC1. The van der Waals surface area contributed by atoms with Gasteiger partial charge in [-0.2, -0.15) is 13.2 Å². The molecule has 1 aromatic heterocycles. The summed E-state index contributed by atoms with van der Waals surface area (Å²) >= 11 is 0. The van der Waals surface area contributed by atoms with Crippen molar-refractivity contribution in [2.45, 2.75) is 48.9 Å². The number of sulfonamides is 1. The van der Waals surface area contributed by atoms with Gasteiger partial charge in [-0.15, -0.1) is 0 Å². The number of ether oxygens (including phenoxy) is 2. The summed E-state index contributed by atoms with van der Waals surface area (Å²) in [5.41, 5.74) is -0.860. The van der Waals surface area contributed by atoms with Crippen molar-refractivity contribution >= 4 is 10.0 Å². The minimum Gasteiger partial charge on any atom is -0.495 e. The molecule has 0 spiro atoms. The fourth-order valence-electron chi connectivity index (χ4n) is 3.23. The van der Waals surface area contributed by atoms with Crippen LogP contribution in [0, 0.1) is 5.82 Å². The number of rotatable bonds is 6. The lowest BCUT2D eigenvalue weighted by molar-refractivity contribution is -0.137. The predicted molar refractivity (Wildman–Crippen MR) is 99.2 cm³/mol. The topological polar surface area (TPSA) is 77.5 Å². The van der Waals surface area contributed by atoms with Crippen molar-refractivity contribution in [1.82, 2.24) is 9.71 Å². The third-order valence-electron chi connectivity index (χ3n) is 4.76. The maximum absolute atomic E-state index is 13.5. The normalized spacial score (nSPS) is 20.0. The molecule has 0 atom stereocenters. The Balaban J connectivity index is 1.57. The largest absolute Gasteiger partial charge is 0.495 e. The molecule has 0 saturated heterocycles. The molecule has 0 amide bonds. The highest BCUT2D eigenvalue weighted by atomic mass is 32.2. The van der Waals surface area contributed by atoms with Gasteiger partial charge in [-0.25, -0.2) is 22.5 Å². The number of hydrogen-bond donors (Lipinski definition) is 1. The van der Waals surface area contributed by atoms with Crippen LogP contribution in [-0.4, -0.2) is 32.7 Å². The van der Waals surface area contributed by atoms with Crippen molar-refractivity contribution in [3.63, 3.8) is 0 Å². The monoisotopic (exact) mass is 448 g/mol. The molecule has 0 aliphatic heterocycles. The van der Waals surface area contributed by atoms with Crippen LogP contribution in [0.1, 0.15) is 31.2 Å². The van der Waals surface area contributed by atoms with Crippen LogP contribution in [0.4, 0.5) is 17.6 Å². The summed E-state index contributed by atoms with van der Waals surface area (Å²) < 4.78 is 89.7. The molecular weight excluding hydrogens is 428 g/mol. The fraction of sp³-hybridized carbons (Fsp3) is 0.421. The molecule has 1 heterocycles. The molecule has 1 N–H and O–H groups in total. The summed E-state index contributed by atoms with van der Waals surface area (Å²) in [6, 6.07) is 4.92. The highest BCUT2D eigenvalue weighted by Gasteiger charge is 2.31. The highest BCUT2D eigenvalue weighted by Crippen LogP contribution is 2.31. The summed E-state index contributed by atoms with van der Waals surface area (Å²) in [5, 5.41) is 0. The first kappa shape index (κ1) is 22.3. The van der Waals surface area contributed by atoms with E-state index in [-0.39, 0.29) is 28.7 Å². The van der Waals surface area contributed by atoms with Crippen LogP contribution in [-0.2, 0) is 16.2 Å². The average Bonchev–Trinajstić information content (AvgIpc) is 2.69. The second-order valence-electron chi connectivity index (χ2n) is 6.89. The molecule has 11 heteroatoms. The van der Waals surface area contributed by atoms with Crippen molar-refractivity contribution < 1.29 is 35.5 Å². The van der Waals surface area contributed by atoms with E-state index in [0.29, 0.717) is 31.9 Å². The Labute approximate surface area is 171 Å². The van der Waals surface area contributed by atoms with Crippen LogP contribution in [0.3, 0.4) is 0 Å². The van der Waals surface area contributed by atoms with Crippen LogP contribution in [0.2, 0.25) is 0 Å². The molecule has 2 aromatic rings. The van der Waals surface area contributed by atoms with Crippen LogP contribution >= 0.6 is 0 Å². The molecule has 1 fully saturated rings. The van der Waals surface area contributed by atoms with Gasteiger partial charge in [0.1, 0.15) is 22.6 Å². The maximum Gasteiger partial charge on any atom is 0.417 e. The van der Waals surface area contributed by atoms with E-state index < -0.39 is 27.6 Å². The number of nitrogens with zero attached hydrogens (tertiary/aromatic N) is 1. The first-order chi connectivity index (χ1) is 14.1. The molecule has 0 bridgehead atoms. The van der Waals surface area contributed by atoms with Gasteiger partial charge in [-0.1, -0.05) is 0 Å². The van der Waals surface area contributed by atoms with Crippen molar-refractivity contribution in [3.8, 4) is 11.6 Å². The number of alkyl halides is 3. The number of benzene rings is 1. The molecule has 1 aromatic carbocycles. The molecule has 6 nitrogen and oxygen atoms in total. The number of methoxy groups -OCH3 is 1. The molecule has 30 heavy (non-hydrogen) atoms. The number of hydrogen-bond acceptors (Lipinski definition) is 5. The first-order valence-electron chi connectivity index (χ1n) is 9.14. The zero-order chi connectivity index (χ0) is 21.9. The fourth-order valence-corrected chi connectivity index (χ4v) is 4.72. The minimum atomic E-state index is -4.47. The number of aromatic nitrogens is 1. The van der Waals surface area contributed by atoms with Gasteiger partial charge in [0, 0.05) is 18.3 Å². The van der Waals surface area contributed by atoms with Gasteiger partial charge in [0.25, 0.3) is 0 Å². The standard InChI is InChI=1S/C19H20F4N2O4S/c1-28-16-8-3-13(20)10-17(16)30(26,27)25-14-4-6-15(7-5-14)29-18-9-2-12(11-24-18)19(21,22)23/h2-3,8-11,14-15,25H,4-7H2,1H3. The van der Waals surface area contributed by atoms with E-state index in [1.807, 2.05) is 0 Å². The average molecular weight is 448 g/mol. The van der Waals surface area contributed by atoms with Crippen LogP contribution in [0.25, 0.3) is 0 Å². The molecule has 1 aliphatic rings. The van der Waals surface area contributed by atoms with Crippen molar-refractivity contribution in [1.29, 1.82) is 0 Å². The van der Waals surface area contributed by atoms with E-state index in [9.17, 15) is 26.0 Å². The third kappa shape index (κ3) is 5.39. The Morgan fingerprint density at radius 1 is 1.10 bits per heavy atom. The minimum absolute atomic E-state index is 0.0364. The molecule has 0 radical (unpaired) electrons. The van der Waals surface area contributed by atoms with Crippen molar-refractivity contribution in [2.75, 3.05) is 7.11 Å². The van der Waals surface area contributed by atoms with Gasteiger partial charge in [0.05, 0.1) is 12.7 Å². The molecule has 164 valence electrons. The quantitative estimate of drug-likeness (QED) is 0.678. The van der Waals surface area contributed by atoms with Gasteiger partial charge < -0.3 is 9.47 Å². The molecule has 1 saturated carbocycles. The van der Waals surface area contributed by atoms with Crippen LogP contribution < -0.4 is 14.2 Å². The molecule has 3 rings (SSSR count). The van der Waals surface area contributed by atoms with Crippen LogP contribution in [0.5, 0.6) is 11.6 Å². The number of pyridine rings is 1. The van der Waals surface area contributed by atoms with Crippen molar-refractivity contribution in [2.24, 2.45) is 0 Å². The van der Waals surface area contributed by atoms with Gasteiger partial charge in [-0.3, -0.25) is 0 Å². The lowest BCUT2D eigenvalue weighted by Crippen LogP contribution is -2.39. The highest BCUT2D eigenvalue weighted by molar-refractivity contribution is 7.89. The van der Waals surface area contributed by atoms with E-state index in [1.54, 1.807) is 0 Å². The van der Waals surface area contributed by atoms with E-state index in [4.69, 9.17) is 9.47 Å². The van der Waals surface area contributed by atoms with E-state index in [2.05, 4.69) is 9.71 Å². The first-order valence-corrected chi connectivity index (χ1v) is 10.6. The van der Waals surface area contributed by atoms with E-state index >= 15 is 0 Å². The van der Waals surface area contributed by atoms with Gasteiger partial charge in [0.15, 0.2) is 0 Å². The van der Waals surface area contributed by atoms with E-state index in [1.165, 1.54) is 13.2 Å². The Kier molecular flexibility index (Phi) is 6.51. The van der Waals surface area contributed by atoms with E-state index in [0.717, 1.165) is 24.3 Å². The zero-order valence-electron chi connectivity index (χ0n) is 15.9. The van der Waals surface area contributed by atoms with Gasteiger partial charge >= 0.3 is 6.18 Å². The Morgan fingerprint density at radius 2 is 1.80 bits per heavy atom. The predicted octanol–water partition coefficient (Wildman–Crippen LogP) is 3.92. The summed E-state index contributed by atoms with van der Waals surface area (Å²) in [4.78, 5) is 3.40.